The fraction of sp³-hybridized carbons (Fsp3) is 0.238. The Bertz CT molecular complexity index is 1010. The molecule has 0 spiro atoms. The summed E-state index contributed by atoms with van der Waals surface area (Å²) in [7, 11) is -1.01. The average Bonchev–Trinajstić information content (AvgIpc) is 3.19. The molecule has 3 rings (SSSR count). The summed E-state index contributed by atoms with van der Waals surface area (Å²) in [5.74, 6) is 0.0900. The van der Waals surface area contributed by atoms with Crippen LogP contribution < -0.4 is 15.5 Å². The molecule has 0 fully saturated rings. The number of hydrogen-bond acceptors (Lipinski definition) is 6. The monoisotopic (exact) mass is 430 g/mol. The first kappa shape index (κ1) is 21.5. The highest BCUT2D eigenvalue weighted by atomic mass is 32.2. The number of nitrogens with one attached hydrogen (secondary N) is 2. The fourth-order valence-electron chi connectivity index (χ4n) is 2.82. The average molecular weight is 430 g/mol. The second kappa shape index (κ2) is 10.0. The van der Waals surface area contributed by atoms with Gasteiger partial charge in [0, 0.05) is 33.8 Å². The molecule has 0 bridgehead atoms. The van der Waals surface area contributed by atoms with Crippen LogP contribution in [0.1, 0.15) is 27.3 Å². The van der Waals surface area contributed by atoms with Gasteiger partial charge >= 0.3 is 0 Å². The number of hydrogen-bond donors (Lipinski definition) is 3. The SMILES string of the molecule is CS(=O)CCC(COc1ccc(C(=O)NO)cc1)NC(=O)c1cc2ccccc2o1. The van der Waals surface area contributed by atoms with E-state index in [4.69, 9.17) is 14.4 Å². The summed E-state index contributed by atoms with van der Waals surface area (Å²) in [6.45, 7) is 0.148. The van der Waals surface area contributed by atoms with E-state index in [-0.39, 0.29) is 23.8 Å². The zero-order valence-corrected chi connectivity index (χ0v) is 17.1. The van der Waals surface area contributed by atoms with Crippen LogP contribution >= 0.6 is 0 Å². The molecular formula is C21H22N2O6S. The molecule has 2 unspecified atom stereocenters. The number of benzene rings is 2. The molecule has 3 N–H and O–H groups in total. The Hall–Kier alpha value is -3.17. The molecule has 158 valence electrons. The number of carbonyl (C=O) groups is 2. The predicted octanol–water partition coefficient (Wildman–Crippen LogP) is 2.50. The van der Waals surface area contributed by atoms with Crippen LogP contribution in [0, 0.1) is 0 Å². The molecule has 0 aliphatic heterocycles. The van der Waals surface area contributed by atoms with Crippen LogP contribution in [0.5, 0.6) is 5.75 Å². The Morgan fingerprint density at radius 1 is 1.13 bits per heavy atom. The number of ether oxygens (including phenoxy) is 1. The smallest absolute Gasteiger partial charge is 0.287 e. The summed E-state index contributed by atoms with van der Waals surface area (Å²) in [5, 5.41) is 12.4. The standard InChI is InChI=1S/C21H22N2O6S/c1-30(27)11-10-16(13-28-17-8-6-14(7-9-17)20(24)23-26)22-21(25)19-12-15-4-2-3-5-18(15)29-19/h2-9,12,16,26H,10-11,13H2,1H3,(H,22,25)(H,23,24). The van der Waals surface area contributed by atoms with Gasteiger partial charge in [0.05, 0.1) is 6.04 Å². The summed E-state index contributed by atoms with van der Waals surface area (Å²) in [5.41, 5.74) is 2.46. The van der Waals surface area contributed by atoms with Crippen molar-refractivity contribution in [3.05, 3.63) is 65.9 Å². The van der Waals surface area contributed by atoms with E-state index in [0.717, 1.165) is 5.39 Å². The molecule has 1 aromatic heterocycles. The molecule has 0 radical (unpaired) electrons. The molecule has 2 amide bonds. The van der Waals surface area contributed by atoms with Crippen LogP contribution in [0.4, 0.5) is 0 Å². The lowest BCUT2D eigenvalue weighted by molar-refractivity contribution is 0.0706. The van der Waals surface area contributed by atoms with Crippen molar-refractivity contribution in [2.75, 3.05) is 18.6 Å². The second-order valence-electron chi connectivity index (χ2n) is 6.66. The van der Waals surface area contributed by atoms with E-state index in [1.807, 2.05) is 18.2 Å². The van der Waals surface area contributed by atoms with Crippen LogP contribution in [0.15, 0.2) is 59.0 Å². The minimum Gasteiger partial charge on any atom is -0.491 e. The Labute approximate surface area is 175 Å². The number of hydroxylamine groups is 1. The third-order valence-corrected chi connectivity index (χ3v) is 5.22. The van der Waals surface area contributed by atoms with Gasteiger partial charge in [-0.1, -0.05) is 18.2 Å². The van der Waals surface area contributed by atoms with Gasteiger partial charge in [-0.3, -0.25) is 19.0 Å². The Morgan fingerprint density at radius 2 is 1.87 bits per heavy atom. The summed E-state index contributed by atoms with van der Waals surface area (Å²) in [6, 6.07) is 14.8. The lowest BCUT2D eigenvalue weighted by Crippen LogP contribution is -2.40. The molecule has 3 aromatic rings. The summed E-state index contributed by atoms with van der Waals surface area (Å²) < 4.78 is 22.8. The molecule has 8 nitrogen and oxygen atoms in total. The second-order valence-corrected chi connectivity index (χ2v) is 8.22. The van der Waals surface area contributed by atoms with Crippen LogP contribution in [0.2, 0.25) is 0 Å². The van der Waals surface area contributed by atoms with Gasteiger partial charge in [0.25, 0.3) is 11.8 Å². The number of fused-ring (bicyclic) bond motifs is 1. The summed E-state index contributed by atoms with van der Waals surface area (Å²) in [4.78, 5) is 24.0. The molecule has 1 heterocycles. The van der Waals surface area contributed by atoms with Gasteiger partial charge in [-0.2, -0.15) is 0 Å². The molecule has 2 aromatic carbocycles. The summed E-state index contributed by atoms with van der Waals surface area (Å²) >= 11 is 0. The lowest BCUT2D eigenvalue weighted by atomic mass is 10.2. The van der Waals surface area contributed by atoms with Crippen molar-refractivity contribution in [2.24, 2.45) is 0 Å². The minimum atomic E-state index is -1.01. The molecule has 9 heteroatoms. The van der Waals surface area contributed by atoms with Crippen LogP contribution in [-0.2, 0) is 10.8 Å². The van der Waals surface area contributed by atoms with E-state index >= 15 is 0 Å². The van der Waals surface area contributed by atoms with Crippen LogP contribution in [0.25, 0.3) is 11.0 Å². The Balaban J connectivity index is 1.65. The zero-order valence-electron chi connectivity index (χ0n) is 16.3. The highest BCUT2D eigenvalue weighted by Crippen LogP contribution is 2.19. The molecule has 0 saturated heterocycles. The van der Waals surface area contributed by atoms with Crippen LogP contribution in [0.3, 0.4) is 0 Å². The third kappa shape index (κ3) is 5.68. The van der Waals surface area contributed by atoms with Crippen molar-refractivity contribution in [2.45, 2.75) is 12.5 Å². The van der Waals surface area contributed by atoms with E-state index in [1.165, 1.54) is 12.1 Å². The Morgan fingerprint density at radius 3 is 2.53 bits per heavy atom. The molecular weight excluding hydrogens is 408 g/mol. The zero-order chi connectivity index (χ0) is 21.5. The van der Waals surface area contributed by atoms with Crippen molar-refractivity contribution in [1.82, 2.24) is 10.8 Å². The van der Waals surface area contributed by atoms with E-state index in [1.54, 1.807) is 36.0 Å². The molecule has 30 heavy (non-hydrogen) atoms. The number of furan rings is 1. The minimum absolute atomic E-state index is 0.148. The topological polar surface area (TPSA) is 118 Å². The number of rotatable bonds is 9. The maximum atomic E-state index is 12.6. The van der Waals surface area contributed by atoms with Crippen molar-refractivity contribution in [3.8, 4) is 5.75 Å². The van der Waals surface area contributed by atoms with E-state index < -0.39 is 22.7 Å². The van der Waals surface area contributed by atoms with E-state index in [2.05, 4.69) is 5.32 Å². The van der Waals surface area contributed by atoms with Gasteiger partial charge in [-0.05, 0) is 42.8 Å². The molecule has 2 atom stereocenters. The first-order valence-electron chi connectivity index (χ1n) is 9.23. The van der Waals surface area contributed by atoms with Gasteiger partial charge in [0.1, 0.15) is 17.9 Å². The largest absolute Gasteiger partial charge is 0.491 e. The quantitative estimate of drug-likeness (QED) is 0.355. The van der Waals surface area contributed by atoms with Crippen molar-refractivity contribution in [3.63, 3.8) is 0 Å². The number of amides is 2. The first-order valence-corrected chi connectivity index (χ1v) is 11.0. The van der Waals surface area contributed by atoms with E-state index in [9.17, 15) is 13.8 Å². The number of carbonyl (C=O) groups excluding carboxylic acids is 2. The third-order valence-electron chi connectivity index (χ3n) is 4.41. The van der Waals surface area contributed by atoms with Gasteiger partial charge in [0.15, 0.2) is 5.76 Å². The maximum absolute atomic E-state index is 12.6. The van der Waals surface area contributed by atoms with Crippen molar-refractivity contribution < 1.29 is 28.2 Å². The van der Waals surface area contributed by atoms with Gasteiger partial charge in [-0.15, -0.1) is 0 Å². The normalized spacial score (nSPS) is 12.9. The maximum Gasteiger partial charge on any atom is 0.287 e. The van der Waals surface area contributed by atoms with E-state index in [0.29, 0.717) is 23.5 Å². The highest BCUT2D eigenvalue weighted by molar-refractivity contribution is 7.84. The predicted molar refractivity (Wildman–Crippen MR) is 112 cm³/mol. The number of para-hydroxylation sites is 1. The van der Waals surface area contributed by atoms with Crippen molar-refractivity contribution >= 4 is 33.6 Å². The molecule has 0 saturated carbocycles. The van der Waals surface area contributed by atoms with Crippen LogP contribution in [-0.4, -0.2) is 45.9 Å². The van der Waals surface area contributed by atoms with Gasteiger partial charge in [-0.25, -0.2) is 5.48 Å². The molecule has 0 aliphatic rings. The van der Waals surface area contributed by atoms with Crippen molar-refractivity contribution in [1.29, 1.82) is 0 Å². The van der Waals surface area contributed by atoms with Gasteiger partial charge < -0.3 is 14.5 Å². The lowest BCUT2D eigenvalue weighted by Gasteiger charge is -2.18. The highest BCUT2D eigenvalue weighted by Gasteiger charge is 2.18. The van der Waals surface area contributed by atoms with Gasteiger partial charge in [0.2, 0.25) is 0 Å². The summed E-state index contributed by atoms with van der Waals surface area (Å²) in [6.07, 6.45) is 2.06. The first-order chi connectivity index (χ1) is 14.5. The fourth-order valence-corrected chi connectivity index (χ4v) is 3.44. The molecule has 0 aliphatic carbocycles. The Kier molecular flexibility index (Phi) is 7.21.